The molecule has 1 fully saturated rings. The normalized spacial score (nSPS) is 24.2. The third-order valence-electron chi connectivity index (χ3n) is 3.06. The molecule has 0 aromatic rings. The van der Waals surface area contributed by atoms with Gasteiger partial charge in [-0.15, -0.1) is 0 Å². The molecule has 1 aliphatic carbocycles. The molecule has 14 heavy (non-hydrogen) atoms. The van der Waals surface area contributed by atoms with Gasteiger partial charge in [-0.3, -0.25) is 4.79 Å². The van der Waals surface area contributed by atoms with Crippen LogP contribution >= 0.6 is 0 Å². The number of hydrogen-bond acceptors (Lipinski definition) is 1. The molecule has 0 radical (unpaired) electrons. The maximum atomic E-state index is 12.9. The smallest absolute Gasteiger partial charge is 0.313 e. The van der Waals surface area contributed by atoms with Crippen molar-refractivity contribution in [3.63, 3.8) is 0 Å². The molecule has 1 saturated carbocycles. The van der Waals surface area contributed by atoms with Gasteiger partial charge in [0.05, 0.1) is 5.41 Å². The number of carboxylic acids is 1. The molecule has 0 saturated heterocycles. The van der Waals surface area contributed by atoms with Crippen molar-refractivity contribution in [2.24, 2.45) is 5.41 Å². The van der Waals surface area contributed by atoms with Crippen LogP contribution in [0, 0.1) is 5.41 Å². The lowest BCUT2D eigenvalue weighted by molar-refractivity contribution is -0.153. The highest BCUT2D eigenvalue weighted by Crippen LogP contribution is 2.47. The van der Waals surface area contributed by atoms with Gasteiger partial charge in [-0.05, 0) is 19.8 Å². The Morgan fingerprint density at radius 2 is 1.71 bits per heavy atom. The van der Waals surface area contributed by atoms with Gasteiger partial charge in [-0.2, -0.15) is 0 Å². The quantitative estimate of drug-likeness (QED) is 0.702. The first kappa shape index (κ1) is 11.1. The molecule has 0 spiro atoms. The van der Waals surface area contributed by atoms with Gasteiger partial charge in [-0.25, -0.2) is 8.78 Å². The molecule has 0 aliphatic heterocycles. The molecule has 0 amide bonds. The maximum absolute atomic E-state index is 12.9. The fourth-order valence-corrected chi connectivity index (χ4v) is 1.87. The van der Waals surface area contributed by atoms with E-state index in [2.05, 4.69) is 6.58 Å². The van der Waals surface area contributed by atoms with Crippen LogP contribution in [0.3, 0.4) is 0 Å². The first-order chi connectivity index (χ1) is 6.30. The van der Waals surface area contributed by atoms with Crippen LogP contribution in [0.4, 0.5) is 8.78 Å². The van der Waals surface area contributed by atoms with E-state index in [1.807, 2.05) is 0 Å². The predicted octanol–water partition coefficient (Wildman–Crippen LogP) is 2.84. The molecule has 4 heteroatoms. The van der Waals surface area contributed by atoms with Crippen LogP contribution in [0.25, 0.3) is 0 Å². The maximum Gasteiger partial charge on any atom is 0.313 e. The highest BCUT2D eigenvalue weighted by atomic mass is 19.3. The molecule has 0 heterocycles. The highest BCUT2D eigenvalue weighted by molar-refractivity contribution is 5.78. The van der Waals surface area contributed by atoms with E-state index in [0.717, 1.165) is 0 Å². The Balaban J connectivity index is 2.85. The molecule has 80 valence electrons. The molecule has 2 nitrogen and oxygen atoms in total. The van der Waals surface area contributed by atoms with Crippen molar-refractivity contribution in [1.29, 1.82) is 0 Å². The average molecular weight is 204 g/mol. The van der Waals surface area contributed by atoms with E-state index in [1.165, 1.54) is 0 Å². The molecule has 0 aromatic carbocycles. The molecule has 1 N–H and O–H groups in total. The highest BCUT2D eigenvalue weighted by Gasteiger charge is 2.48. The Kier molecular flexibility index (Phi) is 2.65. The Hall–Kier alpha value is -0.930. The van der Waals surface area contributed by atoms with Crippen LogP contribution in [0.5, 0.6) is 0 Å². The second kappa shape index (κ2) is 3.33. The monoisotopic (exact) mass is 204 g/mol. The van der Waals surface area contributed by atoms with Gasteiger partial charge in [0, 0.05) is 12.8 Å². The predicted molar refractivity (Wildman–Crippen MR) is 48.3 cm³/mol. The summed E-state index contributed by atoms with van der Waals surface area (Å²) in [5.74, 6) is -3.73. The second-order valence-electron chi connectivity index (χ2n) is 4.02. The van der Waals surface area contributed by atoms with E-state index in [-0.39, 0.29) is 25.7 Å². The first-order valence-corrected chi connectivity index (χ1v) is 4.57. The van der Waals surface area contributed by atoms with Crippen molar-refractivity contribution in [1.82, 2.24) is 0 Å². The fourth-order valence-electron chi connectivity index (χ4n) is 1.87. The molecule has 1 rings (SSSR count). The van der Waals surface area contributed by atoms with Gasteiger partial charge in [0.15, 0.2) is 0 Å². The fraction of sp³-hybridized carbons (Fsp3) is 0.700. The zero-order chi connectivity index (χ0) is 11.0. The van der Waals surface area contributed by atoms with E-state index >= 15 is 0 Å². The van der Waals surface area contributed by atoms with Gasteiger partial charge in [0.25, 0.3) is 0 Å². The van der Waals surface area contributed by atoms with Crippen molar-refractivity contribution in [2.75, 3.05) is 0 Å². The largest absolute Gasteiger partial charge is 0.481 e. The van der Waals surface area contributed by atoms with Gasteiger partial charge in [-0.1, -0.05) is 12.2 Å². The van der Waals surface area contributed by atoms with Crippen LogP contribution in [0.15, 0.2) is 12.2 Å². The van der Waals surface area contributed by atoms with Crippen LogP contribution in [0.1, 0.15) is 32.6 Å². The number of halogens is 2. The van der Waals surface area contributed by atoms with Gasteiger partial charge >= 0.3 is 5.97 Å². The summed E-state index contributed by atoms with van der Waals surface area (Å²) in [5.41, 5.74) is -0.651. The zero-order valence-corrected chi connectivity index (χ0v) is 8.15. The van der Waals surface area contributed by atoms with Crippen LogP contribution in [0.2, 0.25) is 0 Å². The third-order valence-corrected chi connectivity index (χ3v) is 3.06. The zero-order valence-electron chi connectivity index (χ0n) is 8.15. The SMILES string of the molecule is C=C(C)C1(C(=O)O)CCC(F)(F)CC1. The average Bonchev–Trinajstić information content (AvgIpc) is 2.03. The summed E-state index contributed by atoms with van der Waals surface area (Å²) in [5, 5.41) is 9.02. The van der Waals surface area contributed by atoms with E-state index < -0.39 is 17.3 Å². The summed E-state index contributed by atoms with van der Waals surface area (Å²) >= 11 is 0. The minimum atomic E-state index is -2.70. The van der Waals surface area contributed by atoms with Crippen LogP contribution < -0.4 is 0 Å². The number of alkyl halides is 2. The number of aliphatic carboxylic acids is 1. The summed E-state index contributed by atoms with van der Waals surface area (Å²) in [6, 6.07) is 0. The topological polar surface area (TPSA) is 37.3 Å². The number of carbonyl (C=O) groups is 1. The number of rotatable bonds is 2. The number of carboxylic acid groups (broad SMARTS) is 1. The summed E-state index contributed by atoms with van der Waals surface area (Å²) < 4.78 is 25.7. The van der Waals surface area contributed by atoms with E-state index in [9.17, 15) is 13.6 Å². The molecule has 0 aromatic heterocycles. The minimum Gasteiger partial charge on any atom is -0.481 e. The molecule has 1 aliphatic rings. The summed E-state index contributed by atoms with van der Waals surface area (Å²) in [4.78, 5) is 11.0. The van der Waals surface area contributed by atoms with E-state index in [4.69, 9.17) is 5.11 Å². The van der Waals surface area contributed by atoms with Crippen LogP contribution in [-0.2, 0) is 4.79 Å². The van der Waals surface area contributed by atoms with E-state index in [1.54, 1.807) is 6.92 Å². The van der Waals surface area contributed by atoms with E-state index in [0.29, 0.717) is 5.57 Å². The summed E-state index contributed by atoms with van der Waals surface area (Å²) in [6.45, 7) is 5.19. The van der Waals surface area contributed by atoms with Crippen molar-refractivity contribution >= 4 is 5.97 Å². The Labute approximate surface area is 81.6 Å². The number of hydrogen-bond donors (Lipinski definition) is 1. The van der Waals surface area contributed by atoms with Crippen molar-refractivity contribution in [3.05, 3.63) is 12.2 Å². The Bertz CT molecular complexity index is 245. The van der Waals surface area contributed by atoms with Crippen molar-refractivity contribution < 1.29 is 18.7 Å². The summed E-state index contributed by atoms with van der Waals surface area (Å²) in [6.07, 6.45) is -0.729. The molecule has 0 unspecified atom stereocenters. The van der Waals surface area contributed by atoms with Crippen LogP contribution in [-0.4, -0.2) is 17.0 Å². The van der Waals surface area contributed by atoms with Crippen molar-refractivity contribution in [2.45, 2.75) is 38.5 Å². The molecule has 0 bridgehead atoms. The molecular formula is C10H14F2O2. The molecular weight excluding hydrogens is 190 g/mol. The van der Waals surface area contributed by atoms with Crippen molar-refractivity contribution in [3.8, 4) is 0 Å². The Morgan fingerprint density at radius 3 is 2.00 bits per heavy atom. The lowest BCUT2D eigenvalue weighted by atomic mass is 9.69. The third kappa shape index (κ3) is 1.79. The Morgan fingerprint density at radius 1 is 1.29 bits per heavy atom. The van der Waals surface area contributed by atoms with Gasteiger partial charge in [0.2, 0.25) is 5.92 Å². The lowest BCUT2D eigenvalue weighted by Crippen LogP contribution is -2.39. The minimum absolute atomic E-state index is 0.00926. The second-order valence-corrected chi connectivity index (χ2v) is 4.02. The van der Waals surface area contributed by atoms with Gasteiger partial charge < -0.3 is 5.11 Å². The molecule has 0 atom stereocenters. The summed E-state index contributed by atoms with van der Waals surface area (Å²) in [7, 11) is 0. The first-order valence-electron chi connectivity index (χ1n) is 4.57. The van der Waals surface area contributed by atoms with Gasteiger partial charge in [0.1, 0.15) is 0 Å². The lowest BCUT2D eigenvalue weighted by Gasteiger charge is -2.37. The standard InChI is InChI=1S/C10H14F2O2/c1-7(2)9(8(13)14)3-5-10(11,12)6-4-9/h1,3-6H2,2H3,(H,13,14).